The quantitative estimate of drug-likeness (QED) is 0.647. The van der Waals surface area contributed by atoms with Gasteiger partial charge in [0.05, 0.1) is 13.2 Å². The predicted octanol–water partition coefficient (Wildman–Crippen LogP) is 0.990. The first-order valence-electron chi connectivity index (χ1n) is 5.20. The monoisotopic (exact) mass is 219 g/mol. The summed E-state index contributed by atoms with van der Waals surface area (Å²) in [5.74, 6) is 2.95. The largest absolute Gasteiger partial charge is 0.384 e. The molecule has 1 saturated heterocycles. The minimum Gasteiger partial charge on any atom is -0.384 e. The summed E-state index contributed by atoms with van der Waals surface area (Å²) in [6.45, 7) is 2.71. The summed E-state index contributed by atoms with van der Waals surface area (Å²) in [6, 6.07) is 0.597. The van der Waals surface area contributed by atoms with Crippen molar-refractivity contribution in [1.29, 1.82) is 0 Å². The van der Waals surface area contributed by atoms with Crippen LogP contribution in [0.1, 0.15) is 6.42 Å². The molecule has 0 aromatic carbocycles. The van der Waals surface area contributed by atoms with Crippen LogP contribution in [-0.4, -0.2) is 51.5 Å². The first kappa shape index (κ1) is 12.3. The van der Waals surface area contributed by atoms with Gasteiger partial charge in [0.2, 0.25) is 0 Å². The maximum absolute atomic E-state index is 5.39. The van der Waals surface area contributed by atoms with Crippen molar-refractivity contribution in [3.8, 4) is 0 Å². The van der Waals surface area contributed by atoms with Crippen molar-refractivity contribution in [2.24, 2.45) is 5.92 Å². The molecular formula is C10H21NO2S. The van der Waals surface area contributed by atoms with E-state index < -0.39 is 0 Å². The summed E-state index contributed by atoms with van der Waals surface area (Å²) in [7, 11) is 3.79. The van der Waals surface area contributed by atoms with Gasteiger partial charge in [-0.1, -0.05) is 0 Å². The molecule has 1 aliphatic heterocycles. The van der Waals surface area contributed by atoms with Crippen LogP contribution in [-0.2, 0) is 9.47 Å². The third kappa shape index (κ3) is 4.17. The Morgan fingerprint density at radius 3 is 3.07 bits per heavy atom. The molecule has 3 nitrogen and oxygen atoms in total. The van der Waals surface area contributed by atoms with Gasteiger partial charge in [-0.25, -0.2) is 0 Å². The molecule has 1 fully saturated rings. The van der Waals surface area contributed by atoms with Gasteiger partial charge < -0.3 is 14.8 Å². The molecule has 0 bridgehead atoms. The van der Waals surface area contributed by atoms with Crippen LogP contribution in [0.25, 0.3) is 0 Å². The van der Waals surface area contributed by atoms with E-state index in [9.17, 15) is 0 Å². The Hall–Kier alpha value is 0.230. The maximum atomic E-state index is 5.39. The summed E-state index contributed by atoms with van der Waals surface area (Å²) >= 11 is 1.95. The van der Waals surface area contributed by atoms with E-state index in [1.165, 1.54) is 6.42 Å². The fourth-order valence-corrected chi connectivity index (χ4v) is 2.82. The lowest BCUT2D eigenvalue weighted by Gasteiger charge is -2.21. The van der Waals surface area contributed by atoms with Crippen molar-refractivity contribution >= 4 is 11.8 Å². The fourth-order valence-electron chi connectivity index (χ4n) is 1.68. The van der Waals surface area contributed by atoms with Crippen LogP contribution in [0.5, 0.6) is 0 Å². The number of ether oxygens (including phenoxy) is 2. The highest BCUT2D eigenvalue weighted by Gasteiger charge is 2.23. The Morgan fingerprint density at radius 2 is 2.50 bits per heavy atom. The average Bonchev–Trinajstić information content (AvgIpc) is 2.71. The van der Waals surface area contributed by atoms with Crippen LogP contribution in [0, 0.1) is 5.92 Å². The number of thioether (sulfide) groups is 1. The van der Waals surface area contributed by atoms with Gasteiger partial charge in [0.1, 0.15) is 0 Å². The number of nitrogens with one attached hydrogen (secondary N) is 1. The summed E-state index contributed by atoms with van der Waals surface area (Å²) in [4.78, 5) is 0. The molecule has 0 amide bonds. The van der Waals surface area contributed by atoms with Gasteiger partial charge >= 0.3 is 0 Å². The summed E-state index contributed by atoms with van der Waals surface area (Å²) in [5, 5.41) is 3.38. The molecular weight excluding hydrogens is 198 g/mol. The molecule has 2 unspecified atom stereocenters. The number of methoxy groups -OCH3 is 1. The van der Waals surface area contributed by atoms with Crippen molar-refractivity contribution in [2.45, 2.75) is 12.5 Å². The van der Waals surface area contributed by atoms with E-state index in [4.69, 9.17) is 9.47 Å². The molecule has 0 aromatic rings. The number of hydrogen-bond acceptors (Lipinski definition) is 4. The Morgan fingerprint density at radius 1 is 1.64 bits per heavy atom. The Labute approximate surface area is 90.9 Å². The predicted molar refractivity (Wildman–Crippen MR) is 61.0 cm³/mol. The molecule has 0 aromatic heterocycles. The molecule has 84 valence electrons. The molecule has 0 saturated carbocycles. The Bertz CT molecular complexity index is 140. The first-order valence-corrected chi connectivity index (χ1v) is 6.35. The first-order chi connectivity index (χ1) is 6.88. The lowest BCUT2D eigenvalue weighted by Crippen LogP contribution is -2.36. The highest BCUT2D eigenvalue weighted by atomic mass is 32.2. The molecule has 1 aliphatic rings. The van der Waals surface area contributed by atoms with E-state index in [2.05, 4.69) is 5.32 Å². The van der Waals surface area contributed by atoms with Crippen molar-refractivity contribution in [1.82, 2.24) is 5.32 Å². The highest BCUT2D eigenvalue weighted by molar-refractivity contribution is 7.99. The fraction of sp³-hybridized carbons (Fsp3) is 1.00. The van der Waals surface area contributed by atoms with Gasteiger partial charge in [-0.05, 0) is 13.5 Å². The van der Waals surface area contributed by atoms with Crippen LogP contribution in [0.2, 0.25) is 0 Å². The Kier molecular flexibility index (Phi) is 6.60. The minimum atomic E-state index is 0.597. The molecule has 2 atom stereocenters. The van der Waals surface area contributed by atoms with E-state index in [1.54, 1.807) is 7.11 Å². The third-order valence-corrected chi connectivity index (χ3v) is 3.68. The average molecular weight is 219 g/mol. The Balaban J connectivity index is 2.11. The summed E-state index contributed by atoms with van der Waals surface area (Å²) in [5.41, 5.74) is 0. The lowest BCUT2D eigenvalue weighted by atomic mass is 10.0. The van der Waals surface area contributed by atoms with E-state index in [-0.39, 0.29) is 0 Å². The molecule has 1 N–H and O–H groups in total. The molecule has 1 heterocycles. The van der Waals surface area contributed by atoms with Gasteiger partial charge in [-0.2, -0.15) is 11.8 Å². The number of hydrogen-bond donors (Lipinski definition) is 1. The molecule has 0 spiro atoms. The van der Waals surface area contributed by atoms with Crippen molar-refractivity contribution in [3.05, 3.63) is 0 Å². The van der Waals surface area contributed by atoms with Crippen LogP contribution in [0.4, 0.5) is 0 Å². The smallest absolute Gasteiger partial charge is 0.0552 e. The normalized spacial score (nSPS) is 24.0. The summed E-state index contributed by atoms with van der Waals surface area (Å²) < 4.78 is 10.4. The van der Waals surface area contributed by atoms with Crippen LogP contribution in [0.15, 0.2) is 0 Å². The van der Waals surface area contributed by atoms with Gasteiger partial charge in [0, 0.05) is 37.2 Å². The minimum absolute atomic E-state index is 0.597. The zero-order chi connectivity index (χ0) is 10.2. The van der Waals surface area contributed by atoms with Crippen LogP contribution >= 0.6 is 11.8 Å². The maximum Gasteiger partial charge on any atom is 0.0552 e. The second kappa shape index (κ2) is 7.51. The van der Waals surface area contributed by atoms with E-state index in [0.29, 0.717) is 12.0 Å². The third-order valence-electron chi connectivity index (χ3n) is 2.63. The van der Waals surface area contributed by atoms with Crippen LogP contribution < -0.4 is 5.32 Å². The topological polar surface area (TPSA) is 30.5 Å². The highest BCUT2D eigenvalue weighted by Crippen LogP contribution is 2.19. The van der Waals surface area contributed by atoms with Crippen molar-refractivity contribution < 1.29 is 9.47 Å². The van der Waals surface area contributed by atoms with Gasteiger partial charge in [0.25, 0.3) is 0 Å². The SMILES string of the molecule is CNC(CSCCOC)C1CCOC1. The van der Waals surface area contributed by atoms with Gasteiger partial charge in [-0.15, -0.1) is 0 Å². The molecule has 0 radical (unpaired) electrons. The van der Waals surface area contributed by atoms with Gasteiger partial charge in [0.15, 0.2) is 0 Å². The zero-order valence-electron chi connectivity index (χ0n) is 9.12. The second-order valence-corrected chi connectivity index (χ2v) is 4.74. The standard InChI is InChI=1S/C10H21NO2S/c1-11-10(8-14-6-5-12-2)9-3-4-13-7-9/h9-11H,3-8H2,1-2H3. The molecule has 0 aliphatic carbocycles. The van der Waals surface area contributed by atoms with Crippen LogP contribution in [0.3, 0.4) is 0 Å². The number of rotatable bonds is 7. The zero-order valence-corrected chi connectivity index (χ0v) is 9.94. The van der Waals surface area contributed by atoms with Crippen molar-refractivity contribution in [2.75, 3.05) is 45.5 Å². The van der Waals surface area contributed by atoms with E-state index >= 15 is 0 Å². The molecule has 1 rings (SSSR count). The van der Waals surface area contributed by atoms with Gasteiger partial charge in [-0.3, -0.25) is 0 Å². The molecule has 14 heavy (non-hydrogen) atoms. The van der Waals surface area contributed by atoms with E-state index in [0.717, 1.165) is 31.3 Å². The van der Waals surface area contributed by atoms with Crippen molar-refractivity contribution in [3.63, 3.8) is 0 Å². The lowest BCUT2D eigenvalue weighted by molar-refractivity contribution is 0.179. The second-order valence-electron chi connectivity index (χ2n) is 3.59. The molecule has 4 heteroatoms. The summed E-state index contributed by atoms with van der Waals surface area (Å²) in [6.07, 6.45) is 1.20. The van der Waals surface area contributed by atoms with E-state index in [1.807, 2.05) is 18.8 Å².